The number of benzene rings is 1. The van der Waals surface area contributed by atoms with E-state index in [0.29, 0.717) is 0 Å². The SMILES string of the molecule is CCC(Cc1ccccc1)(NC)c1nc2c(s1)CCCC2. The molecule has 1 aliphatic rings. The van der Waals surface area contributed by atoms with Crippen LogP contribution in [0.15, 0.2) is 30.3 Å². The molecule has 0 saturated heterocycles. The third-order valence-electron chi connectivity index (χ3n) is 4.69. The zero-order valence-electron chi connectivity index (χ0n) is 13.0. The fourth-order valence-electron chi connectivity index (χ4n) is 3.22. The molecule has 1 unspecified atom stereocenters. The first kappa shape index (κ1) is 14.7. The number of likely N-dealkylation sites (N-methyl/N-ethyl adjacent to an activating group) is 1. The van der Waals surface area contributed by atoms with Crippen molar-refractivity contribution in [3.8, 4) is 0 Å². The lowest BCUT2D eigenvalue weighted by Crippen LogP contribution is -2.41. The number of aromatic nitrogens is 1. The lowest BCUT2D eigenvalue weighted by Gasteiger charge is -2.30. The van der Waals surface area contributed by atoms with Crippen LogP contribution >= 0.6 is 11.3 Å². The highest BCUT2D eigenvalue weighted by Gasteiger charge is 2.33. The van der Waals surface area contributed by atoms with Gasteiger partial charge in [0.25, 0.3) is 0 Å². The van der Waals surface area contributed by atoms with Gasteiger partial charge in [0.1, 0.15) is 5.01 Å². The van der Waals surface area contributed by atoms with E-state index in [9.17, 15) is 0 Å². The van der Waals surface area contributed by atoms with Gasteiger partial charge in [0.2, 0.25) is 0 Å². The fraction of sp³-hybridized carbons (Fsp3) is 0.500. The van der Waals surface area contributed by atoms with Crippen molar-refractivity contribution in [2.24, 2.45) is 0 Å². The van der Waals surface area contributed by atoms with Crippen molar-refractivity contribution in [3.05, 3.63) is 51.5 Å². The minimum Gasteiger partial charge on any atom is -0.308 e. The number of nitrogens with zero attached hydrogens (tertiary/aromatic N) is 1. The molecule has 0 bridgehead atoms. The second kappa shape index (κ2) is 6.29. The van der Waals surface area contributed by atoms with Crippen molar-refractivity contribution in [1.29, 1.82) is 0 Å². The normalized spacial score (nSPS) is 17.2. The Morgan fingerprint density at radius 3 is 2.62 bits per heavy atom. The Bertz CT molecular complexity index is 561. The number of hydrogen-bond acceptors (Lipinski definition) is 3. The molecule has 0 radical (unpaired) electrons. The molecule has 0 spiro atoms. The summed E-state index contributed by atoms with van der Waals surface area (Å²) in [5, 5.41) is 4.87. The number of nitrogens with one attached hydrogen (secondary N) is 1. The van der Waals surface area contributed by atoms with Crippen molar-refractivity contribution in [1.82, 2.24) is 10.3 Å². The average Bonchev–Trinajstić information content (AvgIpc) is 2.98. The van der Waals surface area contributed by atoms with Gasteiger partial charge in [-0.2, -0.15) is 0 Å². The second-order valence-corrected chi connectivity index (χ2v) is 7.03. The largest absolute Gasteiger partial charge is 0.308 e. The molecule has 3 rings (SSSR count). The van der Waals surface area contributed by atoms with E-state index in [1.165, 1.54) is 46.8 Å². The lowest BCUT2D eigenvalue weighted by atomic mass is 9.88. The number of aryl methyl sites for hydroxylation is 2. The third kappa shape index (κ3) is 2.90. The molecule has 0 amide bonds. The highest BCUT2D eigenvalue weighted by Crippen LogP contribution is 2.36. The molecule has 1 N–H and O–H groups in total. The predicted octanol–water partition coefficient (Wildman–Crippen LogP) is 4.09. The molecular formula is C18H24N2S. The van der Waals surface area contributed by atoms with E-state index in [0.717, 1.165) is 12.8 Å². The summed E-state index contributed by atoms with van der Waals surface area (Å²) in [4.78, 5) is 6.54. The van der Waals surface area contributed by atoms with E-state index < -0.39 is 0 Å². The van der Waals surface area contributed by atoms with Crippen molar-refractivity contribution in [2.45, 2.75) is 51.0 Å². The molecule has 1 atom stereocenters. The first-order valence-electron chi connectivity index (χ1n) is 7.99. The van der Waals surface area contributed by atoms with E-state index in [1.54, 1.807) is 0 Å². The van der Waals surface area contributed by atoms with Gasteiger partial charge in [-0.25, -0.2) is 4.98 Å². The van der Waals surface area contributed by atoms with Crippen LogP contribution in [0.4, 0.5) is 0 Å². The summed E-state index contributed by atoms with van der Waals surface area (Å²) < 4.78 is 0. The molecule has 2 aromatic rings. The minimum atomic E-state index is -0.0244. The summed E-state index contributed by atoms with van der Waals surface area (Å²) in [5.74, 6) is 0. The summed E-state index contributed by atoms with van der Waals surface area (Å²) in [5.41, 5.74) is 2.72. The van der Waals surface area contributed by atoms with E-state index >= 15 is 0 Å². The van der Waals surface area contributed by atoms with E-state index in [1.807, 2.05) is 11.3 Å². The Morgan fingerprint density at radius 1 is 1.19 bits per heavy atom. The molecule has 2 nitrogen and oxygen atoms in total. The highest BCUT2D eigenvalue weighted by molar-refractivity contribution is 7.11. The Hall–Kier alpha value is -1.19. The van der Waals surface area contributed by atoms with Gasteiger partial charge >= 0.3 is 0 Å². The average molecular weight is 300 g/mol. The fourth-order valence-corrected chi connectivity index (χ4v) is 4.64. The quantitative estimate of drug-likeness (QED) is 0.899. The van der Waals surface area contributed by atoms with Crippen LogP contribution in [0.1, 0.15) is 47.3 Å². The van der Waals surface area contributed by atoms with Crippen molar-refractivity contribution >= 4 is 11.3 Å². The molecule has 3 heteroatoms. The molecule has 1 heterocycles. The summed E-state index contributed by atoms with van der Waals surface area (Å²) in [6.45, 7) is 2.26. The van der Waals surface area contributed by atoms with Crippen molar-refractivity contribution in [3.63, 3.8) is 0 Å². The Balaban J connectivity index is 1.94. The van der Waals surface area contributed by atoms with Crippen molar-refractivity contribution in [2.75, 3.05) is 7.05 Å². The van der Waals surface area contributed by atoms with Crippen LogP contribution in [0.3, 0.4) is 0 Å². The van der Waals surface area contributed by atoms with Crippen molar-refractivity contribution < 1.29 is 0 Å². The standard InChI is InChI=1S/C18H24N2S/c1-3-18(19-2,13-14-9-5-4-6-10-14)17-20-15-11-7-8-12-16(15)21-17/h4-6,9-10,19H,3,7-8,11-13H2,1-2H3. The molecule has 1 aromatic carbocycles. The van der Waals surface area contributed by atoms with Crippen LogP contribution in [0.25, 0.3) is 0 Å². The van der Waals surface area contributed by atoms with Crippen LogP contribution in [0, 0.1) is 0 Å². The van der Waals surface area contributed by atoms with E-state index in [-0.39, 0.29) is 5.54 Å². The molecular weight excluding hydrogens is 276 g/mol. The van der Waals surface area contributed by atoms with Crippen LogP contribution in [0.5, 0.6) is 0 Å². The number of hydrogen-bond donors (Lipinski definition) is 1. The summed E-state index contributed by atoms with van der Waals surface area (Å²) >= 11 is 1.94. The Labute approximate surface area is 131 Å². The lowest BCUT2D eigenvalue weighted by molar-refractivity contribution is 0.342. The van der Waals surface area contributed by atoms with Crippen LogP contribution in [0.2, 0.25) is 0 Å². The van der Waals surface area contributed by atoms with Gasteiger partial charge in [-0.3, -0.25) is 0 Å². The predicted molar refractivity (Wildman–Crippen MR) is 89.9 cm³/mol. The minimum absolute atomic E-state index is 0.0244. The second-order valence-electron chi connectivity index (χ2n) is 5.94. The van der Waals surface area contributed by atoms with E-state index in [4.69, 9.17) is 4.98 Å². The maximum absolute atomic E-state index is 5.02. The van der Waals surface area contributed by atoms with Crippen LogP contribution in [-0.2, 0) is 24.8 Å². The number of rotatable bonds is 5. The molecule has 1 aromatic heterocycles. The summed E-state index contributed by atoms with van der Waals surface area (Å²) in [7, 11) is 2.08. The zero-order chi connectivity index (χ0) is 14.7. The van der Waals surface area contributed by atoms with Gasteiger partial charge in [-0.15, -0.1) is 11.3 Å². The van der Waals surface area contributed by atoms with Gasteiger partial charge in [0.15, 0.2) is 0 Å². The highest BCUT2D eigenvalue weighted by atomic mass is 32.1. The van der Waals surface area contributed by atoms with Gasteiger partial charge in [-0.05, 0) is 51.1 Å². The molecule has 21 heavy (non-hydrogen) atoms. The molecule has 112 valence electrons. The number of thiazole rings is 1. The topological polar surface area (TPSA) is 24.9 Å². The zero-order valence-corrected chi connectivity index (χ0v) is 13.8. The monoisotopic (exact) mass is 300 g/mol. The smallest absolute Gasteiger partial charge is 0.114 e. The summed E-state index contributed by atoms with van der Waals surface area (Å²) in [6, 6.07) is 10.8. The number of fused-ring (bicyclic) bond motifs is 1. The van der Waals surface area contributed by atoms with Crippen LogP contribution in [-0.4, -0.2) is 12.0 Å². The van der Waals surface area contributed by atoms with Gasteiger partial charge in [0, 0.05) is 4.88 Å². The Morgan fingerprint density at radius 2 is 1.95 bits per heavy atom. The maximum atomic E-state index is 5.02. The van der Waals surface area contributed by atoms with Gasteiger partial charge < -0.3 is 5.32 Å². The first-order chi connectivity index (χ1) is 10.3. The molecule has 0 fully saturated rings. The summed E-state index contributed by atoms with van der Waals surface area (Å²) in [6.07, 6.45) is 7.08. The van der Waals surface area contributed by atoms with Gasteiger partial charge in [0.05, 0.1) is 11.2 Å². The van der Waals surface area contributed by atoms with E-state index in [2.05, 4.69) is 49.6 Å². The third-order valence-corrected chi connectivity index (χ3v) is 6.05. The first-order valence-corrected chi connectivity index (χ1v) is 8.81. The molecule has 0 saturated carbocycles. The maximum Gasteiger partial charge on any atom is 0.114 e. The van der Waals surface area contributed by atoms with Crippen LogP contribution < -0.4 is 5.32 Å². The molecule has 0 aliphatic heterocycles. The Kier molecular flexibility index (Phi) is 4.41. The molecule has 1 aliphatic carbocycles. The van der Waals surface area contributed by atoms with Gasteiger partial charge in [-0.1, -0.05) is 37.3 Å².